The van der Waals surface area contributed by atoms with Crippen molar-refractivity contribution in [2.75, 3.05) is 23.3 Å². The van der Waals surface area contributed by atoms with Crippen LogP contribution in [0.3, 0.4) is 0 Å². The van der Waals surface area contributed by atoms with E-state index in [4.69, 9.17) is 0 Å². The molecule has 0 spiro atoms. The molecule has 0 atom stereocenters. The summed E-state index contributed by atoms with van der Waals surface area (Å²) in [4.78, 5) is 27.0. The first-order chi connectivity index (χ1) is 13.3. The van der Waals surface area contributed by atoms with Crippen molar-refractivity contribution in [3.8, 4) is 5.82 Å². The lowest BCUT2D eigenvalue weighted by Gasteiger charge is -2.39. The minimum atomic E-state index is -0.114. The second-order valence-electron chi connectivity index (χ2n) is 6.10. The van der Waals surface area contributed by atoms with Crippen LogP contribution in [0.15, 0.2) is 43.2 Å². The number of benzene rings is 1. The lowest BCUT2D eigenvalue weighted by Crippen LogP contribution is -2.52. The van der Waals surface area contributed by atoms with Gasteiger partial charge >= 0.3 is 0 Å². The van der Waals surface area contributed by atoms with Gasteiger partial charge in [0, 0.05) is 19.2 Å². The lowest BCUT2D eigenvalue weighted by atomic mass is 9.99. The summed E-state index contributed by atoms with van der Waals surface area (Å²) in [6.45, 7) is 1.18. The first-order valence-electron chi connectivity index (χ1n) is 8.22. The molecule has 0 unspecified atom stereocenters. The Hall–Kier alpha value is -3.47. The van der Waals surface area contributed by atoms with E-state index in [0.717, 1.165) is 28.6 Å². The maximum absolute atomic E-state index is 12.6. The molecule has 4 aromatic rings. The molecule has 11 heteroatoms. The maximum Gasteiger partial charge on any atom is 0.231 e. The molecular weight excluding hydrogens is 366 g/mol. The molecule has 1 aliphatic rings. The van der Waals surface area contributed by atoms with Crippen LogP contribution in [0.5, 0.6) is 0 Å². The van der Waals surface area contributed by atoms with Crippen LogP contribution >= 0.6 is 11.7 Å². The molecule has 134 valence electrons. The zero-order chi connectivity index (χ0) is 18.2. The van der Waals surface area contributed by atoms with Gasteiger partial charge in [-0.1, -0.05) is 6.07 Å². The van der Waals surface area contributed by atoms with Gasteiger partial charge in [0.25, 0.3) is 0 Å². The number of rotatable bonds is 4. The van der Waals surface area contributed by atoms with Gasteiger partial charge in [0.2, 0.25) is 5.91 Å². The van der Waals surface area contributed by atoms with Crippen LogP contribution in [0.25, 0.3) is 16.9 Å². The zero-order valence-electron chi connectivity index (χ0n) is 13.9. The fourth-order valence-corrected chi connectivity index (χ4v) is 3.48. The Balaban J connectivity index is 1.26. The normalized spacial score (nSPS) is 14.3. The van der Waals surface area contributed by atoms with E-state index >= 15 is 0 Å². The van der Waals surface area contributed by atoms with E-state index in [0.29, 0.717) is 24.6 Å². The van der Waals surface area contributed by atoms with Gasteiger partial charge in [-0.3, -0.25) is 4.79 Å². The fourth-order valence-electron chi connectivity index (χ4n) is 2.94. The predicted molar refractivity (Wildman–Crippen MR) is 98.7 cm³/mol. The van der Waals surface area contributed by atoms with Crippen molar-refractivity contribution >= 4 is 40.2 Å². The Morgan fingerprint density at radius 2 is 2.04 bits per heavy atom. The van der Waals surface area contributed by atoms with Crippen LogP contribution in [0.2, 0.25) is 0 Å². The minimum Gasteiger partial charge on any atom is -0.355 e. The summed E-state index contributed by atoms with van der Waals surface area (Å²) < 4.78 is 10.0. The number of fused-ring (bicyclic) bond motifs is 1. The van der Waals surface area contributed by atoms with Crippen molar-refractivity contribution in [2.45, 2.75) is 0 Å². The summed E-state index contributed by atoms with van der Waals surface area (Å²) in [6.07, 6.45) is 4.51. The molecule has 0 bridgehead atoms. The minimum absolute atomic E-state index is 0.0303. The van der Waals surface area contributed by atoms with Crippen molar-refractivity contribution in [1.82, 2.24) is 33.5 Å². The molecule has 0 aliphatic carbocycles. The van der Waals surface area contributed by atoms with Crippen LogP contribution in [-0.4, -0.2) is 52.5 Å². The van der Waals surface area contributed by atoms with Gasteiger partial charge in [0.05, 0.1) is 23.3 Å². The summed E-state index contributed by atoms with van der Waals surface area (Å²) in [7, 11) is 0. The van der Waals surface area contributed by atoms with E-state index in [-0.39, 0.29) is 11.8 Å². The average Bonchev–Trinajstić information content (AvgIpc) is 3.33. The number of carbonyl (C=O) groups is 1. The molecule has 27 heavy (non-hydrogen) atoms. The van der Waals surface area contributed by atoms with E-state index in [9.17, 15) is 4.79 Å². The second-order valence-corrected chi connectivity index (χ2v) is 6.63. The second kappa shape index (κ2) is 6.36. The largest absolute Gasteiger partial charge is 0.355 e. The zero-order valence-corrected chi connectivity index (χ0v) is 14.7. The molecule has 10 nitrogen and oxygen atoms in total. The van der Waals surface area contributed by atoms with Crippen molar-refractivity contribution in [3.63, 3.8) is 0 Å². The van der Waals surface area contributed by atoms with Crippen molar-refractivity contribution in [2.24, 2.45) is 5.92 Å². The molecule has 1 aliphatic heterocycles. The number of aromatic nitrogens is 7. The standard InChI is InChI=1S/C16H13N9OS/c26-16(21-11-2-1-3-12-15(11)23-27-22-12)10-5-24(6-10)13-4-14(19-8-18-13)25-9-17-7-20-25/h1-4,7-10H,5-6H2,(H,21,26). The topological polar surface area (TPSA) is 115 Å². The van der Waals surface area contributed by atoms with Gasteiger partial charge in [-0.25, -0.2) is 19.6 Å². The quantitative estimate of drug-likeness (QED) is 0.561. The number of hydrogen-bond acceptors (Lipinski definition) is 9. The van der Waals surface area contributed by atoms with Gasteiger partial charge in [-0.05, 0) is 12.1 Å². The van der Waals surface area contributed by atoms with Gasteiger partial charge in [0.15, 0.2) is 5.82 Å². The average molecular weight is 379 g/mol. The van der Waals surface area contributed by atoms with E-state index < -0.39 is 0 Å². The van der Waals surface area contributed by atoms with Crippen molar-refractivity contribution < 1.29 is 4.79 Å². The summed E-state index contributed by atoms with van der Waals surface area (Å²) in [6, 6.07) is 7.40. The molecule has 0 radical (unpaired) electrons. The van der Waals surface area contributed by atoms with Crippen LogP contribution in [0.1, 0.15) is 0 Å². The highest BCUT2D eigenvalue weighted by Crippen LogP contribution is 2.26. The molecule has 3 aromatic heterocycles. The molecule has 1 aromatic carbocycles. The Morgan fingerprint density at radius 3 is 2.89 bits per heavy atom. The summed E-state index contributed by atoms with van der Waals surface area (Å²) in [5.74, 6) is 1.24. The third kappa shape index (κ3) is 2.87. The maximum atomic E-state index is 12.6. The van der Waals surface area contributed by atoms with Crippen LogP contribution < -0.4 is 10.2 Å². The number of anilines is 2. The Kier molecular flexibility index (Phi) is 3.71. The highest BCUT2D eigenvalue weighted by molar-refractivity contribution is 7.00. The van der Waals surface area contributed by atoms with E-state index in [1.54, 1.807) is 11.0 Å². The third-order valence-corrected chi connectivity index (χ3v) is 4.95. The monoisotopic (exact) mass is 379 g/mol. The fraction of sp³-hybridized carbons (Fsp3) is 0.188. The molecule has 1 saturated heterocycles. The molecule has 1 amide bonds. The smallest absolute Gasteiger partial charge is 0.231 e. The number of hydrogen-bond donors (Lipinski definition) is 1. The molecule has 1 N–H and O–H groups in total. The van der Waals surface area contributed by atoms with Gasteiger partial charge < -0.3 is 10.2 Å². The molecule has 0 saturated carbocycles. The Bertz CT molecular complexity index is 1100. The van der Waals surface area contributed by atoms with Crippen LogP contribution in [0, 0.1) is 5.92 Å². The summed E-state index contributed by atoms with van der Waals surface area (Å²) in [5, 5.41) is 7.03. The van der Waals surface area contributed by atoms with E-state index in [1.165, 1.54) is 12.7 Å². The third-order valence-electron chi connectivity index (χ3n) is 4.41. The number of nitrogens with one attached hydrogen (secondary N) is 1. The van der Waals surface area contributed by atoms with Gasteiger partial charge in [0.1, 0.15) is 35.8 Å². The number of carbonyl (C=O) groups excluding carboxylic acids is 1. The molecule has 4 heterocycles. The first kappa shape index (κ1) is 15.8. The first-order valence-corrected chi connectivity index (χ1v) is 8.95. The number of amides is 1. The highest BCUT2D eigenvalue weighted by Gasteiger charge is 2.34. The highest BCUT2D eigenvalue weighted by atomic mass is 32.1. The molecule has 1 fully saturated rings. The molecule has 5 rings (SSSR count). The van der Waals surface area contributed by atoms with Gasteiger partial charge in [-0.2, -0.15) is 13.8 Å². The summed E-state index contributed by atoms with van der Waals surface area (Å²) in [5.41, 5.74) is 2.20. The van der Waals surface area contributed by atoms with E-state index in [2.05, 4.69) is 34.1 Å². The van der Waals surface area contributed by atoms with Crippen LogP contribution in [-0.2, 0) is 4.79 Å². The number of nitrogens with zero attached hydrogens (tertiary/aromatic N) is 8. The van der Waals surface area contributed by atoms with E-state index in [1.807, 2.05) is 29.2 Å². The lowest BCUT2D eigenvalue weighted by molar-refractivity contribution is -0.120. The van der Waals surface area contributed by atoms with Crippen molar-refractivity contribution in [3.05, 3.63) is 43.2 Å². The van der Waals surface area contributed by atoms with Gasteiger partial charge in [-0.15, -0.1) is 0 Å². The predicted octanol–water partition coefficient (Wildman–Crippen LogP) is 1.14. The SMILES string of the molecule is O=C(Nc1cccc2nsnc12)C1CN(c2cc(-n3cncn3)ncn2)C1. The van der Waals surface area contributed by atoms with Crippen molar-refractivity contribution in [1.29, 1.82) is 0 Å². The Labute approximate surface area is 157 Å². The summed E-state index contributed by atoms with van der Waals surface area (Å²) >= 11 is 1.13. The molecular formula is C16H13N9OS. The van der Waals surface area contributed by atoms with Crippen LogP contribution in [0.4, 0.5) is 11.5 Å². The Morgan fingerprint density at radius 1 is 1.15 bits per heavy atom.